The second-order valence-electron chi connectivity index (χ2n) is 3.30. The summed E-state index contributed by atoms with van der Waals surface area (Å²) in [5.41, 5.74) is 1.67. The number of benzene rings is 2. The Labute approximate surface area is 99.1 Å². The number of methoxy groups -OCH3 is 1. The summed E-state index contributed by atoms with van der Waals surface area (Å²) in [5, 5.41) is 9.86. The second kappa shape index (κ2) is 4.45. The lowest BCUT2D eigenvalue weighted by Crippen LogP contribution is -1.85. The molecule has 1 N–H and O–H groups in total. The molecule has 0 amide bonds. The molecule has 0 bridgehead atoms. The van der Waals surface area contributed by atoms with E-state index in [4.69, 9.17) is 16.3 Å². The smallest absolute Gasteiger partial charge is 0.128 e. The molecule has 2 aromatic carbocycles. The van der Waals surface area contributed by atoms with Crippen LogP contribution < -0.4 is 4.74 Å². The summed E-state index contributed by atoms with van der Waals surface area (Å²) in [6, 6.07) is 13.4. The molecule has 2 rings (SSSR count). The first-order valence-corrected chi connectivity index (χ1v) is 5.13. The lowest BCUT2D eigenvalue weighted by molar-refractivity contribution is 0.414. The van der Waals surface area contributed by atoms with Gasteiger partial charge in [0.2, 0.25) is 0 Å². The zero-order chi connectivity index (χ0) is 11.5. The van der Waals surface area contributed by atoms with Gasteiger partial charge in [-0.15, -0.1) is 0 Å². The molecule has 2 aromatic rings. The highest BCUT2D eigenvalue weighted by Gasteiger charge is 2.05. The first-order chi connectivity index (χ1) is 7.70. The molecule has 0 aromatic heterocycles. The SMILES string of the molecule is COc1[c]c(Cl)c(-c2cccc(O)c2)cc1. The quantitative estimate of drug-likeness (QED) is 0.860. The molecule has 0 heterocycles. The molecule has 0 atom stereocenters. The average molecular weight is 234 g/mol. The summed E-state index contributed by atoms with van der Waals surface area (Å²) in [6.45, 7) is 0. The number of hydrogen-bond acceptors (Lipinski definition) is 2. The van der Waals surface area contributed by atoms with Crippen molar-refractivity contribution in [3.63, 3.8) is 0 Å². The van der Waals surface area contributed by atoms with Crippen LogP contribution >= 0.6 is 11.6 Å². The van der Waals surface area contributed by atoms with Crippen LogP contribution in [0, 0.1) is 6.07 Å². The van der Waals surface area contributed by atoms with Crippen molar-refractivity contribution in [2.75, 3.05) is 7.11 Å². The van der Waals surface area contributed by atoms with Crippen molar-refractivity contribution in [1.29, 1.82) is 0 Å². The zero-order valence-electron chi connectivity index (χ0n) is 8.70. The monoisotopic (exact) mass is 233 g/mol. The number of phenolic OH excluding ortho intramolecular Hbond substituents is 1. The normalized spacial score (nSPS) is 10.1. The minimum absolute atomic E-state index is 0.212. The van der Waals surface area contributed by atoms with Gasteiger partial charge in [-0.3, -0.25) is 0 Å². The fraction of sp³-hybridized carbons (Fsp3) is 0.0769. The topological polar surface area (TPSA) is 29.5 Å². The molecule has 3 heteroatoms. The molecular weight excluding hydrogens is 224 g/mol. The fourth-order valence-electron chi connectivity index (χ4n) is 1.46. The summed E-state index contributed by atoms with van der Waals surface area (Å²) in [5.74, 6) is 0.804. The van der Waals surface area contributed by atoms with Gasteiger partial charge < -0.3 is 9.84 Å². The Morgan fingerprint density at radius 3 is 2.69 bits per heavy atom. The Balaban J connectivity index is 2.48. The van der Waals surface area contributed by atoms with Crippen LogP contribution in [0.2, 0.25) is 5.02 Å². The van der Waals surface area contributed by atoms with Crippen molar-refractivity contribution in [3.8, 4) is 22.6 Å². The van der Waals surface area contributed by atoms with Crippen LogP contribution in [0.25, 0.3) is 11.1 Å². The number of aromatic hydroxyl groups is 1. The summed E-state index contributed by atoms with van der Waals surface area (Å²) in [6.07, 6.45) is 0. The highest BCUT2D eigenvalue weighted by atomic mass is 35.5. The summed E-state index contributed by atoms with van der Waals surface area (Å²) in [4.78, 5) is 0. The van der Waals surface area contributed by atoms with Crippen molar-refractivity contribution in [2.45, 2.75) is 0 Å². The number of rotatable bonds is 2. The third-order valence-electron chi connectivity index (χ3n) is 2.25. The van der Waals surface area contributed by atoms with E-state index in [1.165, 1.54) is 0 Å². The van der Waals surface area contributed by atoms with Gasteiger partial charge in [-0.25, -0.2) is 0 Å². The van der Waals surface area contributed by atoms with Gasteiger partial charge in [0.05, 0.1) is 12.1 Å². The maximum atomic E-state index is 9.39. The van der Waals surface area contributed by atoms with E-state index in [2.05, 4.69) is 6.07 Å². The van der Waals surface area contributed by atoms with Crippen molar-refractivity contribution >= 4 is 11.6 Å². The maximum Gasteiger partial charge on any atom is 0.128 e. The van der Waals surface area contributed by atoms with Gasteiger partial charge in [-0.05, 0) is 29.8 Å². The van der Waals surface area contributed by atoms with E-state index in [1.807, 2.05) is 12.1 Å². The molecule has 0 aliphatic heterocycles. The molecule has 16 heavy (non-hydrogen) atoms. The van der Waals surface area contributed by atoms with Crippen molar-refractivity contribution in [1.82, 2.24) is 0 Å². The third-order valence-corrected chi connectivity index (χ3v) is 2.55. The highest BCUT2D eigenvalue weighted by Crippen LogP contribution is 2.31. The second-order valence-corrected chi connectivity index (χ2v) is 3.68. The number of hydrogen-bond donors (Lipinski definition) is 1. The van der Waals surface area contributed by atoms with Gasteiger partial charge >= 0.3 is 0 Å². The van der Waals surface area contributed by atoms with Crippen LogP contribution in [-0.2, 0) is 0 Å². The van der Waals surface area contributed by atoms with Crippen molar-refractivity contribution in [3.05, 3.63) is 47.5 Å². The molecule has 0 unspecified atom stereocenters. The molecule has 81 valence electrons. The Morgan fingerprint density at radius 2 is 2.06 bits per heavy atom. The van der Waals surface area contributed by atoms with Crippen LogP contribution in [0.15, 0.2) is 36.4 Å². The van der Waals surface area contributed by atoms with Crippen LogP contribution in [0.4, 0.5) is 0 Å². The molecule has 0 spiro atoms. The average Bonchev–Trinajstić information content (AvgIpc) is 2.28. The maximum absolute atomic E-state index is 9.39. The number of ether oxygens (including phenoxy) is 1. The summed E-state index contributed by atoms with van der Waals surface area (Å²) < 4.78 is 5.02. The van der Waals surface area contributed by atoms with Gasteiger partial charge in [0.25, 0.3) is 0 Å². The Bertz CT molecular complexity index is 509. The molecule has 1 radical (unpaired) electrons. The molecule has 0 aliphatic carbocycles. The van der Waals surface area contributed by atoms with Crippen molar-refractivity contribution in [2.24, 2.45) is 0 Å². The van der Waals surface area contributed by atoms with Crippen LogP contribution in [0.5, 0.6) is 11.5 Å². The van der Waals surface area contributed by atoms with E-state index in [0.717, 1.165) is 11.1 Å². The number of phenols is 1. The van der Waals surface area contributed by atoms with E-state index in [9.17, 15) is 5.11 Å². The minimum Gasteiger partial charge on any atom is -0.508 e. The van der Waals surface area contributed by atoms with Crippen LogP contribution in [-0.4, -0.2) is 12.2 Å². The van der Waals surface area contributed by atoms with Gasteiger partial charge in [0, 0.05) is 11.6 Å². The van der Waals surface area contributed by atoms with Gasteiger partial charge in [-0.2, -0.15) is 0 Å². The van der Waals surface area contributed by atoms with Gasteiger partial charge in [0.15, 0.2) is 0 Å². The lowest BCUT2D eigenvalue weighted by atomic mass is 10.1. The van der Waals surface area contributed by atoms with E-state index in [0.29, 0.717) is 10.8 Å². The third kappa shape index (κ3) is 2.12. The summed E-state index contributed by atoms with van der Waals surface area (Å²) in [7, 11) is 1.57. The molecule has 0 fully saturated rings. The Kier molecular flexibility index (Phi) is 3.02. The molecule has 0 aliphatic rings. The predicted octanol–water partition coefficient (Wildman–Crippen LogP) is 3.52. The standard InChI is InChI=1S/C13H10ClO2/c1-16-11-5-6-12(13(14)8-11)9-3-2-4-10(15)7-9/h2-7,15H,1H3. The van der Waals surface area contributed by atoms with Gasteiger partial charge in [-0.1, -0.05) is 23.7 Å². The van der Waals surface area contributed by atoms with Crippen LogP contribution in [0.1, 0.15) is 0 Å². The fourth-order valence-corrected chi connectivity index (χ4v) is 1.73. The lowest BCUT2D eigenvalue weighted by Gasteiger charge is -2.06. The summed E-state index contributed by atoms with van der Waals surface area (Å²) >= 11 is 6.08. The van der Waals surface area contributed by atoms with E-state index >= 15 is 0 Å². The van der Waals surface area contributed by atoms with Crippen molar-refractivity contribution < 1.29 is 9.84 Å². The molecule has 0 saturated carbocycles. The highest BCUT2D eigenvalue weighted by molar-refractivity contribution is 6.33. The molecular formula is C13H10ClO2. The van der Waals surface area contributed by atoms with E-state index in [-0.39, 0.29) is 5.75 Å². The first-order valence-electron chi connectivity index (χ1n) is 4.76. The van der Waals surface area contributed by atoms with Crippen LogP contribution in [0.3, 0.4) is 0 Å². The molecule has 0 saturated heterocycles. The molecule has 2 nitrogen and oxygen atoms in total. The predicted molar refractivity (Wildman–Crippen MR) is 63.9 cm³/mol. The largest absolute Gasteiger partial charge is 0.508 e. The Hall–Kier alpha value is -1.67. The Morgan fingerprint density at radius 1 is 1.25 bits per heavy atom. The zero-order valence-corrected chi connectivity index (χ0v) is 9.45. The number of halogens is 1. The van der Waals surface area contributed by atoms with E-state index < -0.39 is 0 Å². The van der Waals surface area contributed by atoms with Gasteiger partial charge in [0.1, 0.15) is 11.5 Å². The minimum atomic E-state index is 0.212. The first kappa shape index (κ1) is 10.8. The van der Waals surface area contributed by atoms with E-state index in [1.54, 1.807) is 31.4 Å².